The molecule has 0 radical (unpaired) electrons. The van der Waals surface area contributed by atoms with Gasteiger partial charge in [0, 0.05) is 10.2 Å². The average Bonchev–Trinajstić information content (AvgIpc) is 3.05. The molecule has 4 rings (SSSR count). The first kappa shape index (κ1) is 15.1. The van der Waals surface area contributed by atoms with E-state index >= 15 is 0 Å². The van der Waals surface area contributed by atoms with E-state index in [1.165, 1.54) is 16.7 Å². The van der Waals surface area contributed by atoms with Crippen LogP contribution in [-0.2, 0) is 0 Å². The monoisotopic (exact) mass is 380 g/mol. The molecular weight excluding hydrogens is 364 g/mol. The summed E-state index contributed by atoms with van der Waals surface area (Å²) in [4.78, 5) is 4.36. The van der Waals surface area contributed by atoms with Crippen LogP contribution in [0, 0.1) is 13.8 Å². The van der Waals surface area contributed by atoms with E-state index in [2.05, 4.69) is 81.6 Å². The fraction of sp³-hybridized carbons (Fsp3) is 0.158. The summed E-state index contributed by atoms with van der Waals surface area (Å²) in [6.45, 7) is 4.26. The Kier molecular flexibility index (Phi) is 3.73. The number of aromatic nitrogens is 3. The molecule has 0 bridgehead atoms. The largest absolute Gasteiger partial charge is 0.324 e. The van der Waals surface area contributed by atoms with Crippen molar-refractivity contribution in [3.8, 4) is 0 Å². The summed E-state index contributed by atoms with van der Waals surface area (Å²) in [6.07, 6.45) is 3.79. The van der Waals surface area contributed by atoms with Crippen LogP contribution in [0.4, 0.5) is 5.95 Å². The number of aryl methyl sites for hydroxylation is 2. The Morgan fingerprint density at radius 1 is 1.08 bits per heavy atom. The Balaban J connectivity index is 1.82. The molecule has 1 aromatic heterocycles. The quantitative estimate of drug-likeness (QED) is 0.699. The van der Waals surface area contributed by atoms with Crippen molar-refractivity contribution in [1.82, 2.24) is 14.8 Å². The minimum atomic E-state index is 0.0119. The number of hydrogen-bond donors (Lipinski definition) is 1. The second kappa shape index (κ2) is 5.91. The number of rotatable bonds is 2. The standard InChI is InChI=1S/C19H17BrN4/c1-12-6-7-14(8-13(12)2)17-10-18(15-4-3-5-16(20)9-15)24-19(23-17)21-11-22-24/h3-11,18H,1-2H3,(H,21,22,23)/t18-/m1/s1. The van der Waals surface area contributed by atoms with Gasteiger partial charge in [-0.15, -0.1) is 0 Å². The Morgan fingerprint density at radius 2 is 1.96 bits per heavy atom. The van der Waals surface area contributed by atoms with Crippen molar-refractivity contribution in [3.05, 3.63) is 81.6 Å². The van der Waals surface area contributed by atoms with Crippen LogP contribution in [0.1, 0.15) is 28.3 Å². The van der Waals surface area contributed by atoms with Crippen LogP contribution in [0.3, 0.4) is 0 Å². The molecule has 1 aliphatic heterocycles. The number of benzene rings is 2. The molecule has 1 N–H and O–H groups in total. The molecule has 5 heteroatoms. The molecule has 24 heavy (non-hydrogen) atoms. The maximum atomic E-state index is 4.39. The lowest BCUT2D eigenvalue weighted by atomic mass is 9.99. The number of anilines is 1. The van der Waals surface area contributed by atoms with E-state index in [1.807, 2.05) is 16.8 Å². The lowest BCUT2D eigenvalue weighted by molar-refractivity contribution is 0.611. The zero-order valence-corrected chi connectivity index (χ0v) is 15.1. The molecule has 3 aromatic rings. The summed E-state index contributed by atoms with van der Waals surface area (Å²) >= 11 is 3.56. The van der Waals surface area contributed by atoms with Crippen LogP contribution in [-0.4, -0.2) is 14.8 Å². The van der Waals surface area contributed by atoms with E-state index in [9.17, 15) is 0 Å². The van der Waals surface area contributed by atoms with Gasteiger partial charge in [0.25, 0.3) is 0 Å². The van der Waals surface area contributed by atoms with E-state index in [-0.39, 0.29) is 6.04 Å². The molecule has 4 nitrogen and oxygen atoms in total. The van der Waals surface area contributed by atoms with E-state index in [0.717, 1.165) is 21.7 Å². The Hall–Kier alpha value is -2.40. The molecule has 0 saturated heterocycles. The van der Waals surface area contributed by atoms with Crippen molar-refractivity contribution in [3.63, 3.8) is 0 Å². The summed E-state index contributed by atoms with van der Waals surface area (Å²) < 4.78 is 2.97. The summed E-state index contributed by atoms with van der Waals surface area (Å²) in [6, 6.07) is 14.8. The van der Waals surface area contributed by atoms with Gasteiger partial charge in [-0.1, -0.05) is 40.2 Å². The van der Waals surface area contributed by atoms with Crippen LogP contribution in [0.2, 0.25) is 0 Å². The van der Waals surface area contributed by atoms with Crippen molar-refractivity contribution >= 4 is 27.6 Å². The molecule has 0 unspecified atom stereocenters. The molecule has 0 fully saturated rings. The molecule has 1 atom stereocenters. The SMILES string of the molecule is Cc1ccc(C2=C[C@H](c3cccc(Br)c3)n3ncnc3N2)cc1C. The topological polar surface area (TPSA) is 42.7 Å². The van der Waals surface area contributed by atoms with E-state index in [4.69, 9.17) is 0 Å². The molecule has 2 aromatic carbocycles. The fourth-order valence-electron chi connectivity index (χ4n) is 2.94. The highest BCUT2D eigenvalue weighted by Gasteiger charge is 2.23. The van der Waals surface area contributed by atoms with Gasteiger partial charge in [0.1, 0.15) is 12.4 Å². The van der Waals surface area contributed by atoms with Gasteiger partial charge in [0.2, 0.25) is 5.95 Å². The Bertz CT molecular complexity index is 942. The summed E-state index contributed by atoms with van der Waals surface area (Å²) in [5, 5.41) is 7.78. The predicted octanol–water partition coefficient (Wildman–Crippen LogP) is 4.71. The van der Waals surface area contributed by atoms with E-state index in [1.54, 1.807) is 6.33 Å². The minimum Gasteiger partial charge on any atom is -0.324 e. The van der Waals surface area contributed by atoms with Crippen molar-refractivity contribution in [2.75, 3.05) is 5.32 Å². The molecule has 0 spiro atoms. The van der Waals surface area contributed by atoms with Crippen molar-refractivity contribution < 1.29 is 0 Å². The zero-order chi connectivity index (χ0) is 16.7. The van der Waals surface area contributed by atoms with Crippen molar-refractivity contribution in [1.29, 1.82) is 0 Å². The molecule has 0 amide bonds. The fourth-order valence-corrected chi connectivity index (χ4v) is 3.36. The van der Waals surface area contributed by atoms with Gasteiger partial charge < -0.3 is 5.32 Å². The highest BCUT2D eigenvalue weighted by atomic mass is 79.9. The third-order valence-electron chi connectivity index (χ3n) is 4.42. The van der Waals surface area contributed by atoms with Crippen molar-refractivity contribution in [2.45, 2.75) is 19.9 Å². The Morgan fingerprint density at radius 3 is 2.75 bits per heavy atom. The smallest absolute Gasteiger partial charge is 0.226 e. The maximum absolute atomic E-state index is 4.39. The van der Waals surface area contributed by atoms with Gasteiger partial charge in [-0.3, -0.25) is 0 Å². The van der Waals surface area contributed by atoms with Gasteiger partial charge in [-0.2, -0.15) is 10.1 Å². The average molecular weight is 381 g/mol. The van der Waals surface area contributed by atoms with Crippen molar-refractivity contribution in [2.24, 2.45) is 0 Å². The third kappa shape index (κ3) is 2.65. The van der Waals surface area contributed by atoms with E-state index < -0.39 is 0 Å². The molecular formula is C19H17BrN4. The first-order chi connectivity index (χ1) is 11.6. The highest BCUT2D eigenvalue weighted by molar-refractivity contribution is 9.10. The van der Waals surface area contributed by atoms with Crippen LogP contribution >= 0.6 is 15.9 Å². The molecule has 2 heterocycles. The van der Waals surface area contributed by atoms with Crippen LogP contribution in [0.5, 0.6) is 0 Å². The highest BCUT2D eigenvalue weighted by Crippen LogP contribution is 2.33. The second-order valence-electron chi connectivity index (χ2n) is 6.03. The number of nitrogens with one attached hydrogen (secondary N) is 1. The first-order valence-corrected chi connectivity index (χ1v) is 8.62. The van der Waals surface area contributed by atoms with Gasteiger partial charge in [0.05, 0.1) is 0 Å². The number of fused-ring (bicyclic) bond motifs is 1. The first-order valence-electron chi connectivity index (χ1n) is 7.83. The van der Waals surface area contributed by atoms with Crippen LogP contribution < -0.4 is 5.32 Å². The third-order valence-corrected chi connectivity index (χ3v) is 4.91. The van der Waals surface area contributed by atoms with Gasteiger partial charge >= 0.3 is 0 Å². The van der Waals surface area contributed by atoms with Crippen LogP contribution in [0.15, 0.2) is 59.3 Å². The summed E-state index contributed by atoms with van der Waals surface area (Å²) in [7, 11) is 0. The van der Waals surface area contributed by atoms with Gasteiger partial charge in [-0.05, 0) is 60.4 Å². The van der Waals surface area contributed by atoms with Gasteiger partial charge in [-0.25, -0.2) is 4.68 Å². The maximum Gasteiger partial charge on any atom is 0.226 e. The van der Waals surface area contributed by atoms with Gasteiger partial charge in [0.15, 0.2) is 0 Å². The summed E-state index contributed by atoms with van der Waals surface area (Å²) in [5.74, 6) is 0.760. The molecule has 120 valence electrons. The molecule has 0 saturated carbocycles. The lowest BCUT2D eigenvalue weighted by Gasteiger charge is -2.24. The number of allylic oxidation sites excluding steroid dienone is 1. The predicted molar refractivity (Wildman–Crippen MR) is 99.8 cm³/mol. The number of halogens is 1. The minimum absolute atomic E-state index is 0.0119. The normalized spacial score (nSPS) is 16.3. The zero-order valence-electron chi connectivity index (χ0n) is 13.5. The van der Waals surface area contributed by atoms with E-state index in [0.29, 0.717) is 0 Å². The second-order valence-corrected chi connectivity index (χ2v) is 6.95. The Labute approximate surface area is 149 Å². The molecule has 1 aliphatic rings. The number of hydrogen-bond acceptors (Lipinski definition) is 3. The lowest BCUT2D eigenvalue weighted by Crippen LogP contribution is -2.20. The molecule has 0 aliphatic carbocycles. The summed E-state index contributed by atoms with van der Waals surface area (Å²) in [5.41, 5.74) is 5.96. The number of nitrogens with zero attached hydrogens (tertiary/aromatic N) is 3. The van der Waals surface area contributed by atoms with Crippen LogP contribution in [0.25, 0.3) is 5.70 Å².